The summed E-state index contributed by atoms with van der Waals surface area (Å²) in [5.74, 6) is -1.47. The third-order valence-electron chi connectivity index (χ3n) is 3.99. The van der Waals surface area contributed by atoms with E-state index in [1.165, 1.54) is 13.1 Å². The van der Waals surface area contributed by atoms with E-state index in [9.17, 15) is 14.7 Å². The van der Waals surface area contributed by atoms with E-state index in [0.29, 0.717) is 11.3 Å². The molecule has 0 aromatic carbocycles. The van der Waals surface area contributed by atoms with E-state index in [2.05, 4.69) is 15.5 Å². The van der Waals surface area contributed by atoms with Gasteiger partial charge in [-0.1, -0.05) is 6.07 Å². The highest BCUT2D eigenvalue weighted by Gasteiger charge is 2.15. The fourth-order valence-corrected chi connectivity index (χ4v) is 2.48. The number of hydrogen-bond acceptors (Lipinski definition) is 4. The molecular weight excluding hydrogens is 344 g/mol. The Morgan fingerprint density at radius 2 is 1.85 bits per heavy atom. The van der Waals surface area contributed by atoms with Gasteiger partial charge in [-0.25, -0.2) is 10.2 Å². The van der Waals surface area contributed by atoms with Crippen LogP contribution < -0.4 is 5.43 Å². The van der Waals surface area contributed by atoms with E-state index < -0.39 is 11.9 Å². The van der Waals surface area contributed by atoms with Crippen LogP contribution in [-0.4, -0.2) is 32.7 Å². The molecule has 0 aliphatic carbocycles. The first-order valence-corrected chi connectivity index (χ1v) is 8.32. The number of pyridine rings is 1. The van der Waals surface area contributed by atoms with E-state index in [0.717, 1.165) is 17.0 Å². The molecule has 0 atom stereocenters. The summed E-state index contributed by atoms with van der Waals surface area (Å²) in [5, 5.41) is 13.3. The van der Waals surface area contributed by atoms with Gasteiger partial charge in [-0.15, -0.1) is 0 Å². The van der Waals surface area contributed by atoms with Crippen molar-refractivity contribution < 1.29 is 14.7 Å². The van der Waals surface area contributed by atoms with E-state index in [1.54, 1.807) is 42.1 Å². The largest absolute Gasteiger partial charge is 0.478 e. The molecule has 0 spiro atoms. The number of rotatable bonds is 6. The molecule has 7 nitrogen and oxygen atoms in total. The van der Waals surface area contributed by atoms with Crippen molar-refractivity contribution in [2.24, 2.45) is 5.10 Å². The van der Waals surface area contributed by atoms with Gasteiger partial charge in [-0.05, 0) is 52.0 Å². The van der Waals surface area contributed by atoms with Crippen molar-refractivity contribution >= 4 is 23.8 Å². The van der Waals surface area contributed by atoms with Crippen molar-refractivity contribution in [3.8, 4) is 0 Å². The van der Waals surface area contributed by atoms with Crippen LogP contribution in [0.15, 0.2) is 59.0 Å². The molecule has 2 rings (SSSR count). The minimum atomic E-state index is -1.04. The monoisotopic (exact) mass is 366 g/mol. The predicted octanol–water partition coefficient (Wildman–Crippen LogP) is 2.91. The summed E-state index contributed by atoms with van der Waals surface area (Å²) in [6, 6.07) is 7.36. The fourth-order valence-electron chi connectivity index (χ4n) is 2.48. The molecule has 0 radical (unpaired) electrons. The molecule has 2 aromatic rings. The van der Waals surface area contributed by atoms with Crippen LogP contribution in [0.5, 0.6) is 0 Å². The van der Waals surface area contributed by atoms with Crippen molar-refractivity contribution in [3.63, 3.8) is 0 Å². The average molecular weight is 366 g/mol. The van der Waals surface area contributed by atoms with Gasteiger partial charge in [0, 0.05) is 34.9 Å². The second-order valence-electron chi connectivity index (χ2n) is 6.08. The number of aliphatic carboxylic acids is 1. The van der Waals surface area contributed by atoms with Gasteiger partial charge in [0.25, 0.3) is 5.91 Å². The minimum absolute atomic E-state index is 0.142. The van der Waals surface area contributed by atoms with Gasteiger partial charge in [0.05, 0.1) is 17.5 Å². The van der Waals surface area contributed by atoms with Crippen LogP contribution in [0.1, 0.15) is 30.8 Å². The molecule has 0 bridgehead atoms. The van der Waals surface area contributed by atoms with E-state index in [-0.39, 0.29) is 5.57 Å². The van der Waals surface area contributed by atoms with Gasteiger partial charge >= 0.3 is 5.97 Å². The molecule has 2 aromatic heterocycles. The number of allylic oxidation sites excluding steroid dienone is 2. The van der Waals surface area contributed by atoms with E-state index in [1.807, 2.05) is 26.0 Å². The Morgan fingerprint density at radius 3 is 2.41 bits per heavy atom. The highest BCUT2D eigenvalue weighted by atomic mass is 16.4. The first-order valence-electron chi connectivity index (χ1n) is 8.32. The zero-order chi connectivity index (χ0) is 20.0. The lowest BCUT2D eigenvalue weighted by Gasteiger charge is -2.14. The Balaban J connectivity index is 2.28. The van der Waals surface area contributed by atoms with Gasteiger partial charge in [-0.3, -0.25) is 9.78 Å². The summed E-state index contributed by atoms with van der Waals surface area (Å²) in [6.07, 6.45) is 6.30. The zero-order valence-corrected chi connectivity index (χ0v) is 15.7. The van der Waals surface area contributed by atoms with Gasteiger partial charge in [0.2, 0.25) is 0 Å². The van der Waals surface area contributed by atoms with Crippen molar-refractivity contribution in [2.75, 3.05) is 0 Å². The summed E-state index contributed by atoms with van der Waals surface area (Å²) in [4.78, 5) is 27.8. The first-order chi connectivity index (χ1) is 12.8. The number of aryl methyl sites for hydroxylation is 2. The quantitative estimate of drug-likeness (QED) is 0.355. The maximum absolute atomic E-state index is 12.3. The van der Waals surface area contributed by atoms with Crippen LogP contribution in [0.3, 0.4) is 0 Å². The molecule has 0 aliphatic rings. The molecule has 0 saturated carbocycles. The molecule has 0 saturated heterocycles. The summed E-state index contributed by atoms with van der Waals surface area (Å²) < 4.78 is 1.80. The molecule has 0 unspecified atom stereocenters. The van der Waals surface area contributed by atoms with Gasteiger partial charge in [0.1, 0.15) is 0 Å². The lowest BCUT2D eigenvalue weighted by molar-refractivity contribution is -0.132. The number of hydrogen-bond donors (Lipinski definition) is 2. The summed E-state index contributed by atoms with van der Waals surface area (Å²) >= 11 is 0. The maximum Gasteiger partial charge on any atom is 0.333 e. The van der Waals surface area contributed by atoms with Crippen molar-refractivity contribution in [3.05, 3.63) is 70.8 Å². The Bertz CT molecular complexity index is 918. The van der Waals surface area contributed by atoms with Gasteiger partial charge < -0.3 is 9.67 Å². The Morgan fingerprint density at radius 1 is 1.19 bits per heavy atom. The van der Waals surface area contributed by atoms with Crippen LogP contribution >= 0.6 is 0 Å². The highest BCUT2D eigenvalue weighted by molar-refractivity contribution is 5.99. The standard InChI is InChI=1S/C20H22N4O3/c1-13(19(25)23-22-12-17-6-5-9-21-11-17)10-18(16(4)20(26)27)24-14(2)7-8-15(24)3/h5-12H,1-4H3,(H,23,25)(H,26,27)/b13-10+,18-16-,22-12+. The number of hydrazone groups is 1. The Kier molecular flexibility index (Phi) is 6.43. The first kappa shape index (κ1) is 19.8. The Hall–Kier alpha value is -3.48. The molecule has 0 fully saturated rings. The van der Waals surface area contributed by atoms with Crippen LogP contribution in [0.4, 0.5) is 0 Å². The minimum Gasteiger partial charge on any atom is -0.478 e. The molecular formula is C20H22N4O3. The molecule has 140 valence electrons. The smallest absolute Gasteiger partial charge is 0.333 e. The number of nitrogens with zero attached hydrogens (tertiary/aromatic N) is 3. The number of carboxylic acid groups (broad SMARTS) is 1. The average Bonchev–Trinajstić information content (AvgIpc) is 2.98. The predicted molar refractivity (Wildman–Crippen MR) is 104 cm³/mol. The van der Waals surface area contributed by atoms with Crippen molar-refractivity contribution in [1.29, 1.82) is 0 Å². The van der Waals surface area contributed by atoms with Crippen LogP contribution in [-0.2, 0) is 9.59 Å². The number of aromatic nitrogens is 2. The maximum atomic E-state index is 12.3. The molecule has 1 amide bonds. The van der Waals surface area contributed by atoms with Gasteiger partial charge in [-0.2, -0.15) is 5.10 Å². The summed E-state index contributed by atoms with van der Waals surface area (Å²) in [6.45, 7) is 6.88. The topological polar surface area (TPSA) is 96.6 Å². The summed E-state index contributed by atoms with van der Waals surface area (Å²) in [7, 11) is 0. The third kappa shape index (κ3) is 5.01. The summed E-state index contributed by atoms with van der Waals surface area (Å²) in [5.41, 5.74) is 5.85. The number of amides is 1. The fraction of sp³-hybridized carbons (Fsp3) is 0.200. The van der Waals surface area contributed by atoms with E-state index in [4.69, 9.17) is 0 Å². The SMILES string of the molecule is C/C(C(=O)O)=C(\C=C(/C)C(=O)N/N=C/c1cccnc1)n1c(C)ccc1C. The molecule has 27 heavy (non-hydrogen) atoms. The second-order valence-corrected chi connectivity index (χ2v) is 6.08. The second kappa shape index (κ2) is 8.75. The van der Waals surface area contributed by atoms with Crippen molar-refractivity contribution in [2.45, 2.75) is 27.7 Å². The van der Waals surface area contributed by atoms with Crippen LogP contribution in [0.25, 0.3) is 5.70 Å². The molecule has 7 heteroatoms. The number of carboxylic acids is 1. The number of carbonyl (C=O) groups is 2. The number of nitrogens with one attached hydrogen (secondary N) is 1. The van der Waals surface area contributed by atoms with E-state index >= 15 is 0 Å². The van der Waals surface area contributed by atoms with Crippen LogP contribution in [0, 0.1) is 13.8 Å². The van der Waals surface area contributed by atoms with Gasteiger partial charge in [0.15, 0.2) is 0 Å². The highest BCUT2D eigenvalue weighted by Crippen LogP contribution is 2.21. The zero-order valence-electron chi connectivity index (χ0n) is 15.7. The molecule has 0 aliphatic heterocycles. The van der Waals surface area contributed by atoms with Crippen molar-refractivity contribution in [1.82, 2.24) is 15.0 Å². The molecule has 2 N–H and O–H groups in total. The Labute approximate surface area is 157 Å². The number of carbonyl (C=O) groups excluding carboxylic acids is 1. The lowest BCUT2D eigenvalue weighted by Crippen LogP contribution is -2.19. The lowest BCUT2D eigenvalue weighted by atomic mass is 10.1. The normalized spacial score (nSPS) is 12.8. The van der Waals surface area contributed by atoms with Crippen LogP contribution in [0.2, 0.25) is 0 Å². The molecule has 2 heterocycles. The third-order valence-corrected chi connectivity index (χ3v) is 3.99.